The molecule has 0 unspecified atom stereocenters. The van der Waals surface area contributed by atoms with Crippen LogP contribution in [-0.2, 0) is 31.2 Å². The maximum Gasteiger partial charge on any atom is 0.291 e. The van der Waals surface area contributed by atoms with E-state index in [1.165, 1.54) is 18.2 Å². The molecule has 0 spiro atoms. The van der Waals surface area contributed by atoms with Crippen LogP contribution in [0, 0.1) is 10.1 Å². The number of aliphatic hydroxyl groups is 1. The molecule has 0 atom stereocenters. The zero-order chi connectivity index (χ0) is 38.6. The molecule has 4 aromatic rings. The molecule has 3 N–H and O–H groups in total. The second-order valence-electron chi connectivity index (χ2n) is 12.6. The third-order valence-corrected chi connectivity index (χ3v) is 11.9. The second-order valence-corrected chi connectivity index (χ2v) is 16.6. The first kappa shape index (κ1) is 41.1. The number of nitrogens with zero attached hydrogens (tertiary/aromatic N) is 7. The van der Waals surface area contributed by atoms with Crippen molar-refractivity contribution in [3.8, 4) is 0 Å². The molecular weight excluding hydrogens is 721 g/mol. The lowest BCUT2D eigenvalue weighted by atomic mass is 10.2. The van der Waals surface area contributed by atoms with Gasteiger partial charge >= 0.3 is 0 Å². The highest BCUT2D eigenvalue weighted by Crippen LogP contribution is 2.26. The molecule has 0 bridgehead atoms. The number of rotatable bonds is 9. The molecule has 4 heterocycles. The van der Waals surface area contributed by atoms with E-state index in [1.54, 1.807) is 67.6 Å². The minimum Gasteiger partial charge on any atom is -0.397 e. The number of aliphatic hydroxyl groups excluding tert-OH is 1. The predicted molar refractivity (Wildman–Crippen MR) is 206 cm³/mol. The van der Waals surface area contributed by atoms with Gasteiger partial charge in [-0.1, -0.05) is 36.4 Å². The molecule has 0 radical (unpaired) electrons. The number of sulfone groups is 2. The number of nitrogen functional groups attached to an aromatic ring is 1. The number of pyridine rings is 2. The Bertz CT molecular complexity index is 2010. The number of aromatic nitrogens is 2. The summed E-state index contributed by atoms with van der Waals surface area (Å²) in [5, 5.41) is 18.9. The predicted octanol–water partition coefficient (Wildman–Crippen LogP) is 3.10. The van der Waals surface area contributed by atoms with Gasteiger partial charge in [-0.2, -0.15) is 0 Å². The zero-order valence-corrected chi connectivity index (χ0v) is 31.9. The fraction of sp³-hybridized carbons (Fsp3) is 0.389. The number of nitro groups is 1. The molecule has 0 saturated carbocycles. The van der Waals surface area contributed by atoms with Gasteiger partial charge in [0.25, 0.3) is 5.69 Å². The lowest BCUT2D eigenvalue weighted by Gasteiger charge is -2.33. The Labute approximate surface area is 311 Å². The van der Waals surface area contributed by atoms with Crippen molar-refractivity contribution in [2.75, 3.05) is 88.6 Å². The van der Waals surface area contributed by atoms with E-state index < -0.39 is 30.4 Å². The average molecular weight is 769 g/mol. The van der Waals surface area contributed by atoms with Crippen molar-refractivity contribution in [1.82, 2.24) is 19.8 Å². The van der Waals surface area contributed by atoms with Gasteiger partial charge in [-0.15, -0.1) is 0 Å². The number of hydrogen-bond donors (Lipinski definition) is 2. The molecule has 53 heavy (non-hydrogen) atoms. The minimum atomic E-state index is -3.72. The molecule has 2 fully saturated rings. The number of anilines is 3. The van der Waals surface area contributed by atoms with Gasteiger partial charge in [0, 0.05) is 65.0 Å². The van der Waals surface area contributed by atoms with Crippen molar-refractivity contribution in [3.63, 3.8) is 0 Å². The van der Waals surface area contributed by atoms with Crippen molar-refractivity contribution in [3.05, 3.63) is 106 Å². The normalized spacial score (nSPS) is 15.5. The molecule has 2 aromatic carbocycles. The minimum absolute atomic E-state index is 0.0321. The third kappa shape index (κ3) is 11.7. The monoisotopic (exact) mass is 768 g/mol. The number of hydrogen-bond acceptors (Lipinski definition) is 14. The summed E-state index contributed by atoms with van der Waals surface area (Å²) in [6, 6.07) is 22.9. The summed E-state index contributed by atoms with van der Waals surface area (Å²) in [5.74, 6) is 0.664. The molecule has 2 aliphatic heterocycles. The van der Waals surface area contributed by atoms with Crippen LogP contribution >= 0.6 is 0 Å². The Morgan fingerprint density at radius 3 is 1.45 bits per heavy atom. The van der Waals surface area contributed by atoms with E-state index in [9.17, 15) is 26.9 Å². The lowest BCUT2D eigenvalue weighted by Crippen LogP contribution is -2.44. The summed E-state index contributed by atoms with van der Waals surface area (Å²) < 4.78 is 50.4. The number of piperazine rings is 2. The van der Waals surface area contributed by atoms with Gasteiger partial charge in [-0.3, -0.25) is 10.1 Å². The summed E-state index contributed by atoms with van der Waals surface area (Å²) in [6.07, 6.45) is 0. The van der Waals surface area contributed by atoms with Gasteiger partial charge in [0.15, 0.2) is 19.7 Å². The molecule has 2 aliphatic rings. The number of nitrogens with two attached hydrogens (primary N) is 1. The van der Waals surface area contributed by atoms with Gasteiger partial charge in [-0.05, 0) is 63.5 Å². The highest BCUT2D eigenvalue weighted by molar-refractivity contribution is 7.91. The number of benzene rings is 2. The zero-order valence-electron chi connectivity index (χ0n) is 30.3. The van der Waals surface area contributed by atoms with Crippen LogP contribution in [0.25, 0.3) is 0 Å². The SMILES string of the molecule is CCO.CN1CCN(c2ccc(N)c(CS(=O)(=O)c3ccccc3)n2)CC1.CN1CCN(c2ccc([N+](=O)[O-])c(CS(=O)(=O)c3ccccc3)n2)CC1. The topological polar surface area (TPSA) is 196 Å². The Morgan fingerprint density at radius 2 is 1.04 bits per heavy atom. The van der Waals surface area contributed by atoms with Gasteiger partial charge < -0.3 is 30.4 Å². The fourth-order valence-electron chi connectivity index (χ4n) is 5.58. The van der Waals surface area contributed by atoms with E-state index in [1.807, 2.05) is 18.0 Å². The molecule has 0 aliphatic carbocycles. The van der Waals surface area contributed by atoms with E-state index in [0.29, 0.717) is 17.2 Å². The quantitative estimate of drug-likeness (QED) is 0.186. The van der Waals surface area contributed by atoms with Crippen molar-refractivity contribution in [2.24, 2.45) is 0 Å². The van der Waals surface area contributed by atoms with Crippen LogP contribution in [0.1, 0.15) is 18.3 Å². The van der Waals surface area contributed by atoms with Crippen LogP contribution in [0.5, 0.6) is 0 Å². The Hall–Kier alpha value is -4.68. The Balaban J connectivity index is 0.000000221. The molecular formula is C36H48N8O7S2. The first-order valence-electron chi connectivity index (χ1n) is 17.2. The van der Waals surface area contributed by atoms with Crippen LogP contribution in [0.15, 0.2) is 94.7 Å². The maximum absolute atomic E-state index is 12.6. The highest BCUT2D eigenvalue weighted by atomic mass is 32.2. The maximum atomic E-state index is 12.6. The van der Waals surface area contributed by atoms with E-state index in [0.717, 1.165) is 58.2 Å². The summed E-state index contributed by atoms with van der Waals surface area (Å²) in [7, 11) is -3.07. The van der Waals surface area contributed by atoms with Crippen molar-refractivity contribution < 1.29 is 26.9 Å². The van der Waals surface area contributed by atoms with Gasteiger partial charge in [0.2, 0.25) is 0 Å². The first-order valence-corrected chi connectivity index (χ1v) is 20.5. The van der Waals surface area contributed by atoms with Gasteiger partial charge in [0.05, 0.1) is 31.8 Å². The molecule has 6 rings (SSSR count). The second kappa shape index (κ2) is 18.9. The lowest BCUT2D eigenvalue weighted by molar-refractivity contribution is -0.385. The molecule has 15 nitrogen and oxygen atoms in total. The number of likely N-dealkylation sites (N-methyl/N-ethyl adjacent to an activating group) is 2. The van der Waals surface area contributed by atoms with E-state index in [2.05, 4.69) is 31.7 Å². The van der Waals surface area contributed by atoms with Crippen molar-refractivity contribution in [1.29, 1.82) is 0 Å². The Kier molecular flexibility index (Phi) is 14.6. The summed E-state index contributed by atoms with van der Waals surface area (Å²) in [4.78, 5) is 28.7. The Morgan fingerprint density at radius 1 is 0.660 bits per heavy atom. The largest absolute Gasteiger partial charge is 0.397 e. The van der Waals surface area contributed by atoms with E-state index in [-0.39, 0.29) is 33.5 Å². The smallest absolute Gasteiger partial charge is 0.291 e. The third-order valence-electron chi connectivity index (χ3n) is 8.64. The van der Waals surface area contributed by atoms with E-state index in [4.69, 9.17) is 10.8 Å². The fourth-order valence-corrected chi connectivity index (χ4v) is 8.22. The molecule has 0 amide bonds. The summed E-state index contributed by atoms with van der Waals surface area (Å²) >= 11 is 0. The van der Waals surface area contributed by atoms with Crippen LogP contribution in [-0.4, -0.2) is 120 Å². The van der Waals surface area contributed by atoms with Crippen LogP contribution in [0.4, 0.5) is 23.0 Å². The van der Waals surface area contributed by atoms with Gasteiger partial charge in [-0.25, -0.2) is 26.8 Å². The van der Waals surface area contributed by atoms with E-state index >= 15 is 0 Å². The molecule has 17 heteroatoms. The van der Waals surface area contributed by atoms with Crippen LogP contribution in [0.2, 0.25) is 0 Å². The standard InChI is InChI=1S/C17H20N4O4S.C17H22N4O2S.C2H6O/c1-19-9-11-20(12-10-19)17-8-7-16(21(22)23)15(18-17)13-26(24,25)14-5-3-2-4-6-14;1-20-9-11-21(12-10-20)17-8-7-15(18)16(19-17)13-24(22,23)14-5-3-2-4-6-14;1-2-3/h2-8H,9-13H2,1H3;2-8H,9-13,18H2,1H3;3H,2H2,1H3. The summed E-state index contributed by atoms with van der Waals surface area (Å²) in [6.45, 7) is 8.80. The van der Waals surface area contributed by atoms with Crippen LogP contribution < -0.4 is 15.5 Å². The highest BCUT2D eigenvalue weighted by Gasteiger charge is 2.26. The van der Waals surface area contributed by atoms with Crippen molar-refractivity contribution in [2.45, 2.75) is 28.2 Å². The van der Waals surface area contributed by atoms with Gasteiger partial charge in [0.1, 0.15) is 23.1 Å². The summed E-state index contributed by atoms with van der Waals surface area (Å²) in [5.41, 5.74) is 6.49. The average Bonchev–Trinajstić information content (AvgIpc) is 3.14. The molecule has 2 aromatic heterocycles. The molecule has 2 saturated heterocycles. The molecule has 286 valence electrons. The van der Waals surface area contributed by atoms with Crippen LogP contribution in [0.3, 0.4) is 0 Å². The van der Waals surface area contributed by atoms with Crippen molar-refractivity contribution >= 4 is 42.7 Å². The first-order chi connectivity index (χ1) is 25.2.